The molecular weight excluding hydrogens is 550 g/mol. The summed E-state index contributed by atoms with van der Waals surface area (Å²) in [5.74, 6) is -0.162. The van der Waals surface area contributed by atoms with Crippen LogP contribution in [-0.4, -0.2) is 87.5 Å². The number of hydrogen-bond donors (Lipinski definition) is 6. The standard InChI is InChI=1S/C34H67NO8/c1-3-5-7-9-10-11-12-13-14-15-16-17-18-19-20-21-23-28(37)27(35-30(38)24-22-8-6-4-2)26-42-34-33(41)32(40)31(39)29(25-36)43-34/h27-29,31-34,36-37,39-41H,3-26H2,1-2H3,(H,35,38). The number of aliphatic hydroxyl groups excluding tert-OH is 5. The van der Waals surface area contributed by atoms with Crippen LogP contribution in [0.2, 0.25) is 0 Å². The fourth-order valence-electron chi connectivity index (χ4n) is 5.75. The Kier molecular flexibility index (Phi) is 24.7. The molecule has 7 atom stereocenters. The van der Waals surface area contributed by atoms with Crippen molar-refractivity contribution in [2.24, 2.45) is 0 Å². The van der Waals surface area contributed by atoms with E-state index in [1.165, 1.54) is 83.5 Å². The molecule has 6 N–H and O–H groups in total. The molecule has 1 amide bonds. The molecule has 0 bridgehead atoms. The molecule has 1 aliphatic heterocycles. The number of ether oxygens (including phenoxy) is 2. The van der Waals surface area contributed by atoms with Gasteiger partial charge in [0.2, 0.25) is 5.91 Å². The minimum absolute atomic E-state index is 0.136. The molecular formula is C34H67NO8. The van der Waals surface area contributed by atoms with Gasteiger partial charge in [0.1, 0.15) is 24.4 Å². The van der Waals surface area contributed by atoms with E-state index in [2.05, 4.69) is 19.2 Å². The number of hydrogen-bond acceptors (Lipinski definition) is 8. The maximum Gasteiger partial charge on any atom is 0.220 e. The zero-order chi connectivity index (χ0) is 31.7. The fraction of sp³-hybridized carbons (Fsp3) is 0.971. The quantitative estimate of drug-likeness (QED) is 0.0651. The van der Waals surface area contributed by atoms with E-state index in [1.54, 1.807) is 0 Å². The molecule has 9 nitrogen and oxygen atoms in total. The molecule has 1 aliphatic rings. The molecule has 1 rings (SSSR count). The highest BCUT2D eigenvalue weighted by Crippen LogP contribution is 2.23. The van der Waals surface area contributed by atoms with Crippen molar-refractivity contribution in [3.05, 3.63) is 0 Å². The van der Waals surface area contributed by atoms with E-state index in [-0.39, 0.29) is 12.5 Å². The molecule has 1 heterocycles. The monoisotopic (exact) mass is 617 g/mol. The molecule has 0 aliphatic carbocycles. The second kappa shape index (κ2) is 26.4. The number of carbonyl (C=O) groups excluding carboxylic acids is 1. The van der Waals surface area contributed by atoms with Gasteiger partial charge in [-0.1, -0.05) is 136 Å². The molecule has 0 radical (unpaired) electrons. The molecule has 256 valence electrons. The molecule has 0 saturated carbocycles. The Morgan fingerprint density at radius 2 is 1.16 bits per heavy atom. The predicted octanol–water partition coefficient (Wildman–Crippen LogP) is 5.27. The van der Waals surface area contributed by atoms with Crippen LogP contribution in [0.25, 0.3) is 0 Å². The zero-order valence-corrected chi connectivity index (χ0v) is 27.5. The molecule has 43 heavy (non-hydrogen) atoms. The van der Waals surface area contributed by atoms with Crippen molar-refractivity contribution in [1.82, 2.24) is 5.32 Å². The summed E-state index contributed by atoms with van der Waals surface area (Å²) in [6, 6.07) is -0.706. The maximum absolute atomic E-state index is 12.6. The highest BCUT2D eigenvalue weighted by molar-refractivity contribution is 5.76. The minimum atomic E-state index is -1.54. The van der Waals surface area contributed by atoms with Crippen molar-refractivity contribution < 1.29 is 39.8 Å². The lowest BCUT2D eigenvalue weighted by Gasteiger charge is -2.40. The first-order valence-electron chi connectivity index (χ1n) is 17.7. The SMILES string of the molecule is CCCCCCCCCCCCCCCCCCC(O)C(COC1OC(CO)C(O)C(O)C1O)NC(=O)CCCCCC. The summed E-state index contributed by atoms with van der Waals surface area (Å²) in [7, 11) is 0. The third-order valence-corrected chi connectivity index (χ3v) is 8.71. The lowest BCUT2D eigenvalue weighted by Crippen LogP contribution is -2.60. The molecule has 0 aromatic heterocycles. The summed E-state index contributed by atoms with van der Waals surface area (Å²) in [5.41, 5.74) is 0. The highest BCUT2D eigenvalue weighted by Gasteiger charge is 2.44. The van der Waals surface area contributed by atoms with Crippen molar-refractivity contribution >= 4 is 5.91 Å². The van der Waals surface area contributed by atoms with Gasteiger partial charge in [-0.3, -0.25) is 4.79 Å². The average Bonchev–Trinajstić information content (AvgIpc) is 3.00. The third-order valence-electron chi connectivity index (χ3n) is 8.71. The summed E-state index contributed by atoms with van der Waals surface area (Å²) < 4.78 is 11.1. The van der Waals surface area contributed by atoms with Crippen molar-refractivity contribution in [1.29, 1.82) is 0 Å². The van der Waals surface area contributed by atoms with E-state index in [0.717, 1.165) is 44.9 Å². The van der Waals surface area contributed by atoms with E-state index in [4.69, 9.17) is 9.47 Å². The molecule has 0 aromatic carbocycles. The van der Waals surface area contributed by atoms with Gasteiger partial charge in [-0.05, 0) is 12.8 Å². The van der Waals surface area contributed by atoms with Gasteiger partial charge in [-0.2, -0.15) is 0 Å². The van der Waals surface area contributed by atoms with E-state index in [9.17, 15) is 30.3 Å². The van der Waals surface area contributed by atoms with E-state index in [1.807, 2.05) is 0 Å². The zero-order valence-electron chi connectivity index (χ0n) is 27.5. The molecule has 0 spiro atoms. The summed E-state index contributed by atoms with van der Waals surface area (Å²) in [6.07, 6.45) is 17.4. The first kappa shape index (κ1) is 40.2. The number of amides is 1. The van der Waals surface area contributed by atoms with Crippen molar-refractivity contribution in [3.63, 3.8) is 0 Å². The first-order valence-corrected chi connectivity index (χ1v) is 17.7. The highest BCUT2D eigenvalue weighted by atomic mass is 16.7. The predicted molar refractivity (Wildman–Crippen MR) is 171 cm³/mol. The van der Waals surface area contributed by atoms with E-state index < -0.39 is 49.5 Å². The number of carbonyl (C=O) groups is 1. The Hall–Kier alpha value is -0.810. The van der Waals surface area contributed by atoms with Crippen LogP contribution < -0.4 is 5.32 Å². The fourth-order valence-corrected chi connectivity index (χ4v) is 5.75. The molecule has 1 fully saturated rings. The minimum Gasteiger partial charge on any atom is -0.394 e. The van der Waals surface area contributed by atoms with Gasteiger partial charge in [0, 0.05) is 6.42 Å². The number of unbranched alkanes of at least 4 members (excludes halogenated alkanes) is 18. The van der Waals surface area contributed by atoms with Gasteiger partial charge in [0.15, 0.2) is 6.29 Å². The number of rotatable bonds is 28. The van der Waals surface area contributed by atoms with Crippen molar-refractivity contribution in [2.45, 2.75) is 198 Å². The molecule has 7 unspecified atom stereocenters. The summed E-state index contributed by atoms with van der Waals surface area (Å²) in [6.45, 7) is 3.69. The maximum atomic E-state index is 12.6. The average molecular weight is 618 g/mol. The Morgan fingerprint density at radius 1 is 0.698 bits per heavy atom. The van der Waals surface area contributed by atoms with Crippen LogP contribution in [0.5, 0.6) is 0 Å². The number of nitrogens with one attached hydrogen (secondary N) is 1. The summed E-state index contributed by atoms with van der Waals surface area (Å²) >= 11 is 0. The van der Waals surface area contributed by atoms with Gasteiger partial charge in [0.05, 0.1) is 25.4 Å². The van der Waals surface area contributed by atoms with Gasteiger partial charge in [0.25, 0.3) is 0 Å². The van der Waals surface area contributed by atoms with Crippen LogP contribution in [0.15, 0.2) is 0 Å². The third kappa shape index (κ3) is 18.7. The Labute approximate surface area is 262 Å². The van der Waals surface area contributed by atoms with Crippen LogP contribution in [0.3, 0.4) is 0 Å². The second-order valence-electron chi connectivity index (χ2n) is 12.7. The summed E-state index contributed by atoms with van der Waals surface area (Å²) in [4.78, 5) is 12.6. The Morgan fingerprint density at radius 3 is 1.65 bits per heavy atom. The van der Waals surface area contributed by atoms with Crippen LogP contribution in [0, 0.1) is 0 Å². The molecule has 0 aromatic rings. The Balaban J connectivity index is 2.33. The van der Waals surface area contributed by atoms with E-state index >= 15 is 0 Å². The van der Waals surface area contributed by atoms with Crippen molar-refractivity contribution in [2.75, 3.05) is 13.2 Å². The van der Waals surface area contributed by atoms with Crippen LogP contribution in [0.1, 0.15) is 155 Å². The van der Waals surface area contributed by atoms with E-state index in [0.29, 0.717) is 12.8 Å². The van der Waals surface area contributed by atoms with Crippen LogP contribution in [-0.2, 0) is 14.3 Å². The van der Waals surface area contributed by atoms with Gasteiger partial charge in [-0.25, -0.2) is 0 Å². The van der Waals surface area contributed by atoms with Gasteiger partial charge in [-0.15, -0.1) is 0 Å². The van der Waals surface area contributed by atoms with Crippen molar-refractivity contribution in [3.8, 4) is 0 Å². The lowest BCUT2D eigenvalue weighted by atomic mass is 9.99. The Bertz CT molecular complexity index is 652. The first-order chi connectivity index (χ1) is 20.8. The summed E-state index contributed by atoms with van der Waals surface area (Å²) in [5, 5.41) is 53.6. The van der Waals surface area contributed by atoms with Gasteiger partial charge < -0.3 is 40.3 Å². The number of aliphatic hydroxyl groups is 5. The van der Waals surface area contributed by atoms with Gasteiger partial charge >= 0.3 is 0 Å². The normalized spacial score (nSPS) is 23.7. The topological polar surface area (TPSA) is 149 Å². The largest absolute Gasteiger partial charge is 0.394 e. The smallest absolute Gasteiger partial charge is 0.220 e. The molecule has 1 saturated heterocycles. The molecule has 9 heteroatoms. The van der Waals surface area contributed by atoms with Crippen LogP contribution >= 0.6 is 0 Å². The lowest BCUT2D eigenvalue weighted by molar-refractivity contribution is -0.302. The van der Waals surface area contributed by atoms with Crippen LogP contribution in [0.4, 0.5) is 0 Å². The second-order valence-corrected chi connectivity index (χ2v) is 12.7.